The van der Waals surface area contributed by atoms with E-state index >= 15 is 0 Å². The summed E-state index contributed by atoms with van der Waals surface area (Å²) in [5, 5.41) is 9.59. The van der Waals surface area contributed by atoms with Crippen LogP contribution in [0.5, 0.6) is 0 Å². The van der Waals surface area contributed by atoms with Gasteiger partial charge in [0.05, 0.1) is 5.52 Å². The van der Waals surface area contributed by atoms with Gasteiger partial charge in [0, 0.05) is 24.5 Å². The number of carbonyl (C=O) groups is 1. The van der Waals surface area contributed by atoms with Gasteiger partial charge in [-0.05, 0) is 18.6 Å². The Hall–Kier alpha value is -1.88. The minimum atomic E-state index is -1.05. The fourth-order valence-corrected chi connectivity index (χ4v) is 2.23. The molecule has 0 bridgehead atoms. The molecule has 0 saturated carbocycles. The largest absolute Gasteiger partial charge is 0.480 e. The summed E-state index contributed by atoms with van der Waals surface area (Å²) in [4.78, 5) is 10.8. The highest BCUT2D eigenvalue weighted by molar-refractivity contribution is 5.87. The number of aliphatic carboxylic acids is 1. The maximum atomic E-state index is 13.8. The normalized spacial score (nSPS) is 11.9. The Bertz CT molecular complexity index is 620. The first-order chi connectivity index (χ1) is 9.43. The second-order valence-electron chi connectivity index (χ2n) is 4.41. The van der Waals surface area contributed by atoms with Crippen LogP contribution in [-0.4, -0.2) is 21.7 Å². The molecule has 4 nitrogen and oxygen atoms in total. The lowest BCUT2D eigenvalue weighted by Crippen LogP contribution is -2.32. The Morgan fingerprint density at radius 1 is 1.45 bits per heavy atom. The molecule has 0 aliphatic rings. The lowest BCUT2D eigenvalue weighted by molar-refractivity contribution is -0.138. The molecule has 1 heterocycles. The molecule has 1 aromatic carbocycles. The number of carboxylic acid groups (broad SMARTS) is 1. The molecule has 0 amide bonds. The predicted octanol–water partition coefficient (Wildman–Crippen LogP) is 2.61. The SMILES string of the molecule is CC.Cc1c(CC(N)C(=O)O)c2cccc(F)c2n1C. The van der Waals surface area contributed by atoms with Crippen LogP contribution in [0.4, 0.5) is 4.39 Å². The van der Waals surface area contributed by atoms with Crippen LogP contribution in [0.2, 0.25) is 0 Å². The Labute approximate surface area is 118 Å². The van der Waals surface area contributed by atoms with Gasteiger partial charge in [0.15, 0.2) is 0 Å². The third kappa shape index (κ3) is 2.82. The molecule has 0 saturated heterocycles. The first kappa shape index (κ1) is 16.2. The third-order valence-electron chi connectivity index (χ3n) is 3.33. The van der Waals surface area contributed by atoms with Crippen molar-refractivity contribution in [1.82, 2.24) is 4.57 Å². The number of rotatable bonds is 3. The van der Waals surface area contributed by atoms with Crippen molar-refractivity contribution in [2.45, 2.75) is 33.2 Å². The van der Waals surface area contributed by atoms with Crippen LogP contribution in [0, 0.1) is 12.7 Å². The standard InChI is InChI=1S/C13H15FN2O2.C2H6/c1-7-9(6-11(15)13(17)18)8-4-3-5-10(14)12(8)16(7)2;1-2/h3-5,11H,6,15H2,1-2H3,(H,17,18);1-2H3. The molecule has 2 rings (SSSR count). The number of nitrogens with two attached hydrogens (primary N) is 1. The second-order valence-corrected chi connectivity index (χ2v) is 4.41. The first-order valence-electron chi connectivity index (χ1n) is 6.64. The minimum Gasteiger partial charge on any atom is -0.480 e. The number of aryl methyl sites for hydroxylation is 1. The zero-order valence-electron chi connectivity index (χ0n) is 12.3. The molecule has 2 aromatic rings. The van der Waals surface area contributed by atoms with Crippen molar-refractivity contribution in [2.24, 2.45) is 12.8 Å². The molecule has 5 heteroatoms. The number of hydrogen-bond acceptors (Lipinski definition) is 2. The predicted molar refractivity (Wildman–Crippen MR) is 78.3 cm³/mol. The zero-order valence-corrected chi connectivity index (χ0v) is 12.3. The van der Waals surface area contributed by atoms with Crippen LogP contribution in [0.25, 0.3) is 10.9 Å². The van der Waals surface area contributed by atoms with E-state index in [1.54, 1.807) is 23.7 Å². The van der Waals surface area contributed by atoms with Gasteiger partial charge < -0.3 is 15.4 Å². The summed E-state index contributed by atoms with van der Waals surface area (Å²) in [7, 11) is 1.76. The Morgan fingerprint density at radius 3 is 2.60 bits per heavy atom. The van der Waals surface area contributed by atoms with Crippen molar-refractivity contribution in [3.05, 3.63) is 35.3 Å². The third-order valence-corrected chi connectivity index (χ3v) is 3.33. The van der Waals surface area contributed by atoms with Gasteiger partial charge in [0.25, 0.3) is 0 Å². The van der Waals surface area contributed by atoms with Gasteiger partial charge >= 0.3 is 5.97 Å². The molecule has 3 N–H and O–H groups in total. The van der Waals surface area contributed by atoms with Gasteiger partial charge in [-0.15, -0.1) is 0 Å². The van der Waals surface area contributed by atoms with E-state index in [0.717, 1.165) is 16.6 Å². The summed E-state index contributed by atoms with van der Waals surface area (Å²) >= 11 is 0. The Kier molecular flexibility index (Phi) is 5.27. The van der Waals surface area contributed by atoms with Crippen LogP contribution in [0.3, 0.4) is 0 Å². The molecule has 0 fully saturated rings. The number of carboxylic acids is 1. The number of halogens is 1. The van der Waals surface area contributed by atoms with Crippen LogP contribution < -0.4 is 5.73 Å². The topological polar surface area (TPSA) is 68.2 Å². The summed E-state index contributed by atoms with van der Waals surface area (Å²) < 4.78 is 15.5. The van der Waals surface area contributed by atoms with Gasteiger partial charge in [-0.2, -0.15) is 0 Å². The van der Waals surface area contributed by atoms with E-state index in [1.165, 1.54) is 6.07 Å². The second kappa shape index (κ2) is 6.52. The van der Waals surface area contributed by atoms with E-state index in [9.17, 15) is 9.18 Å². The quantitative estimate of drug-likeness (QED) is 0.908. The zero-order chi connectivity index (χ0) is 15.4. The van der Waals surface area contributed by atoms with Crippen molar-refractivity contribution in [2.75, 3.05) is 0 Å². The van der Waals surface area contributed by atoms with Crippen molar-refractivity contribution in [1.29, 1.82) is 0 Å². The van der Waals surface area contributed by atoms with E-state index in [2.05, 4.69) is 0 Å². The molecule has 1 unspecified atom stereocenters. The summed E-state index contributed by atoms with van der Waals surface area (Å²) in [6.45, 7) is 5.84. The maximum Gasteiger partial charge on any atom is 0.320 e. The smallest absolute Gasteiger partial charge is 0.320 e. The van der Waals surface area contributed by atoms with Crippen LogP contribution in [-0.2, 0) is 18.3 Å². The van der Waals surface area contributed by atoms with E-state index in [-0.39, 0.29) is 12.2 Å². The van der Waals surface area contributed by atoms with Gasteiger partial charge in [-0.3, -0.25) is 4.79 Å². The van der Waals surface area contributed by atoms with Crippen molar-refractivity contribution < 1.29 is 14.3 Å². The summed E-state index contributed by atoms with van der Waals surface area (Å²) in [5.41, 5.74) is 7.67. The number of benzene rings is 1. The average Bonchev–Trinajstić information content (AvgIpc) is 2.67. The van der Waals surface area contributed by atoms with E-state index in [0.29, 0.717) is 5.52 Å². The lowest BCUT2D eigenvalue weighted by Gasteiger charge is -2.06. The molecular weight excluding hydrogens is 259 g/mol. The molecule has 0 radical (unpaired) electrons. The van der Waals surface area contributed by atoms with Gasteiger partial charge in [-0.1, -0.05) is 26.0 Å². The van der Waals surface area contributed by atoms with Gasteiger partial charge in [0.1, 0.15) is 11.9 Å². The van der Waals surface area contributed by atoms with E-state index < -0.39 is 12.0 Å². The minimum absolute atomic E-state index is 0.196. The fourth-order valence-electron chi connectivity index (χ4n) is 2.23. The average molecular weight is 280 g/mol. The molecule has 0 aliphatic carbocycles. The fraction of sp³-hybridized carbons (Fsp3) is 0.400. The maximum absolute atomic E-state index is 13.8. The molecular formula is C15H21FN2O2. The molecule has 1 aromatic heterocycles. The number of para-hydroxylation sites is 1. The van der Waals surface area contributed by atoms with Crippen molar-refractivity contribution in [3.63, 3.8) is 0 Å². The monoisotopic (exact) mass is 280 g/mol. The van der Waals surface area contributed by atoms with Gasteiger partial charge in [0.2, 0.25) is 0 Å². The van der Waals surface area contributed by atoms with Gasteiger partial charge in [-0.25, -0.2) is 4.39 Å². The van der Waals surface area contributed by atoms with E-state index in [1.807, 2.05) is 20.8 Å². The number of hydrogen-bond donors (Lipinski definition) is 2. The Balaban J connectivity index is 0.000000956. The number of fused-ring (bicyclic) bond motifs is 1. The molecule has 0 spiro atoms. The first-order valence-corrected chi connectivity index (χ1v) is 6.64. The molecule has 110 valence electrons. The number of aromatic nitrogens is 1. The summed E-state index contributed by atoms with van der Waals surface area (Å²) in [5.74, 6) is -1.36. The highest BCUT2D eigenvalue weighted by atomic mass is 19.1. The molecule has 1 atom stereocenters. The number of nitrogens with zero attached hydrogens (tertiary/aromatic N) is 1. The lowest BCUT2D eigenvalue weighted by atomic mass is 10.0. The van der Waals surface area contributed by atoms with Crippen LogP contribution >= 0.6 is 0 Å². The van der Waals surface area contributed by atoms with Crippen LogP contribution in [0.15, 0.2) is 18.2 Å². The van der Waals surface area contributed by atoms with Crippen LogP contribution in [0.1, 0.15) is 25.1 Å². The summed E-state index contributed by atoms with van der Waals surface area (Å²) in [6, 6.07) is 3.82. The van der Waals surface area contributed by atoms with Crippen molar-refractivity contribution in [3.8, 4) is 0 Å². The molecule has 20 heavy (non-hydrogen) atoms. The Morgan fingerprint density at radius 2 is 2.05 bits per heavy atom. The summed E-state index contributed by atoms with van der Waals surface area (Å²) in [6.07, 6.45) is 0.196. The van der Waals surface area contributed by atoms with E-state index in [4.69, 9.17) is 10.8 Å². The highest BCUT2D eigenvalue weighted by Gasteiger charge is 2.19. The molecule has 0 aliphatic heterocycles. The highest BCUT2D eigenvalue weighted by Crippen LogP contribution is 2.27. The van der Waals surface area contributed by atoms with Crippen molar-refractivity contribution >= 4 is 16.9 Å².